The van der Waals surface area contributed by atoms with Crippen molar-refractivity contribution < 1.29 is 14.6 Å². The molecule has 0 radical (unpaired) electrons. The molecule has 2 aromatic rings. The Hall–Kier alpha value is -1.59. The molecule has 0 saturated heterocycles. The number of methoxy groups -OCH3 is 1. The van der Waals surface area contributed by atoms with Crippen LogP contribution in [0.4, 0.5) is 0 Å². The number of aryl methyl sites for hydroxylation is 1. The Morgan fingerprint density at radius 2 is 2.33 bits per heavy atom. The summed E-state index contributed by atoms with van der Waals surface area (Å²) in [6, 6.07) is 3.88. The van der Waals surface area contributed by atoms with E-state index >= 15 is 0 Å². The number of hydrogen-bond acceptors (Lipinski definition) is 5. The molecule has 0 spiro atoms. The molecule has 21 heavy (non-hydrogen) atoms. The maximum atomic E-state index is 10.5. The minimum absolute atomic E-state index is 0.179. The van der Waals surface area contributed by atoms with E-state index in [-0.39, 0.29) is 6.10 Å². The third-order valence-corrected chi connectivity index (χ3v) is 4.63. The van der Waals surface area contributed by atoms with Gasteiger partial charge in [-0.05, 0) is 26.0 Å². The summed E-state index contributed by atoms with van der Waals surface area (Å²) < 4.78 is 11.2. The van der Waals surface area contributed by atoms with Crippen LogP contribution in [0, 0.1) is 6.92 Å². The van der Waals surface area contributed by atoms with Crippen molar-refractivity contribution >= 4 is 11.3 Å². The van der Waals surface area contributed by atoms with Gasteiger partial charge in [-0.15, -0.1) is 11.3 Å². The van der Waals surface area contributed by atoms with Gasteiger partial charge in [0.15, 0.2) is 0 Å². The lowest BCUT2D eigenvalue weighted by molar-refractivity contribution is 0.173. The Kier molecular flexibility index (Phi) is 3.87. The fourth-order valence-electron chi connectivity index (χ4n) is 2.66. The highest BCUT2D eigenvalue weighted by Gasteiger charge is 2.24. The average Bonchev–Trinajstić information content (AvgIpc) is 3.01. The maximum Gasteiger partial charge on any atom is 0.125 e. The first-order valence-corrected chi connectivity index (χ1v) is 7.91. The van der Waals surface area contributed by atoms with Crippen LogP contribution in [-0.2, 0) is 12.8 Å². The number of nitrogens with zero attached hydrogens (tertiary/aromatic N) is 1. The van der Waals surface area contributed by atoms with Crippen LogP contribution < -0.4 is 9.47 Å². The average molecular weight is 305 g/mol. The van der Waals surface area contributed by atoms with Crippen LogP contribution in [0.25, 0.3) is 0 Å². The first-order chi connectivity index (χ1) is 10.1. The molecule has 0 saturated carbocycles. The number of ether oxygens (including phenoxy) is 2. The van der Waals surface area contributed by atoms with Crippen molar-refractivity contribution in [3.8, 4) is 11.5 Å². The van der Waals surface area contributed by atoms with Gasteiger partial charge >= 0.3 is 0 Å². The van der Waals surface area contributed by atoms with E-state index in [9.17, 15) is 5.11 Å². The fraction of sp³-hybridized carbons (Fsp3) is 0.438. The molecule has 1 aliphatic rings. The first-order valence-electron chi connectivity index (χ1n) is 7.03. The van der Waals surface area contributed by atoms with Crippen LogP contribution in [0.15, 0.2) is 17.5 Å². The van der Waals surface area contributed by atoms with Crippen LogP contribution in [0.2, 0.25) is 0 Å². The Bertz CT molecular complexity index is 653. The quantitative estimate of drug-likeness (QED) is 0.943. The van der Waals surface area contributed by atoms with Crippen molar-refractivity contribution in [2.45, 2.75) is 38.9 Å². The largest absolute Gasteiger partial charge is 0.496 e. The van der Waals surface area contributed by atoms with Crippen LogP contribution in [0.1, 0.15) is 34.9 Å². The van der Waals surface area contributed by atoms with Crippen LogP contribution >= 0.6 is 11.3 Å². The molecule has 2 heterocycles. The standard InChI is InChI=1S/C16H19NO3S/c1-9-8-21-16(17-9)7-13(18)12-6-14-11(4-10(2)20-14)5-15(12)19-3/h5-6,8,10,13,18H,4,7H2,1-3H3. The molecule has 0 aliphatic carbocycles. The molecule has 4 nitrogen and oxygen atoms in total. The van der Waals surface area contributed by atoms with Gasteiger partial charge in [-0.3, -0.25) is 0 Å². The van der Waals surface area contributed by atoms with Crippen molar-refractivity contribution in [3.63, 3.8) is 0 Å². The third-order valence-electron chi connectivity index (χ3n) is 3.64. The highest BCUT2D eigenvalue weighted by Crippen LogP contribution is 2.38. The van der Waals surface area contributed by atoms with E-state index in [1.54, 1.807) is 18.4 Å². The van der Waals surface area contributed by atoms with Crippen molar-refractivity contribution in [3.05, 3.63) is 39.3 Å². The Morgan fingerprint density at radius 1 is 1.52 bits per heavy atom. The van der Waals surface area contributed by atoms with Crippen LogP contribution in [0.3, 0.4) is 0 Å². The molecule has 0 bridgehead atoms. The first kappa shape index (κ1) is 14.4. The van der Waals surface area contributed by atoms with Gasteiger partial charge in [0.05, 0.1) is 18.2 Å². The van der Waals surface area contributed by atoms with Gasteiger partial charge < -0.3 is 14.6 Å². The van der Waals surface area contributed by atoms with E-state index in [0.717, 1.165) is 34.0 Å². The summed E-state index contributed by atoms with van der Waals surface area (Å²) in [6.07, 6.45) is 0.908. The van der Waals surface area contributed by atoms with E-state index in [2.05, 4.69) is 4.98 Å². The predicted octanol–water partition coefficient (Wildman–Crippen LogP) is 3.06. The Labute approximate surface area is 128 Å². The van der Waals surface area contributed by atoms with E-state index in [0.29, 0.717) is 12.2 Å². The van der Waals surface area contributed by atoms with Crippen molar-refractivity contribution in [1.82, 2.24) is 4.98 Å². The Balaban J connectivity index is 1.88. The molecular formula is C16H19NO3S. The number of rotatable bonds is 4. The molecule has 3 rings (SSSR count). The summed E-state index contributed by atoms with van der Waals surface area (Å²) in [5.41, 5.74) is 2.89. The van der Waals surface area contributed by atoms with Crippen LogP contribution in [0.5, 0.6) is 11.5 Å². The van der Waals surface area contributed by atoms with E-state index < -0.39 is 6.10 Å². The number of fused-ring (bicyclic) bond motifs is 1. The normalized spacial score (nSPS) is 18.2. The summed E-state index contributed by atoms with van der Waals surface area (Å²) in [6.45, 7) is 4.00. The smallest absolute Gasteiger partial charge is 0.125 e. The molecule has 1 aromatic carbocycles. The Morgan fingerprint density at radius 3 is 3.00 bits per heavy atom. The summed E-state index contributed by atoms with van der Waals surface area (Å²) in [5.74, 6) is 1.57. The zero-order valence-electron chi connectivity index (χ0n) is 12.4. The molecular weight excluding hydrogens is 286 g/mol. The van der Waals surface area contributed by atoms with E-state index in [1.165, 1.54) is 0 Å². The molecule has 0 fully saturated rings. The highest BCUT2D eigenvalue weighted by molar-refractivity contribution is 7.09. The number of aliphatic hydroxyl groups excluding tert-OH is 1. The third kappa shape index (κ3) is 2.89. The number of benzene rings is 1. The second kappa shape index (κ2) is 5.66. The van der Waals surface area contributed by atoms with Gasteiger partial charge in [-0.25, -0.2) is 4.98 Å². The number of aliphatic hydroxyl groups is 1. The summed E-state index contributed by atoms with van der Waals surface area (Å²) in [5, 5.41) is 13.4. The van der Waals surface area contributed by atoms with E-state index in [4.69, 9.17) is 9.47 Å². The maximum absolute atomic E-state index is 10.5. The molecule has 112 valence electrons. The topological polar surface area (TPSA) is 51.6 Å². The lowest BCUT2D eigenvalue weighted by Gasteiger charge is -2.15. The molecule has 2 unspecified atom stereocenters. The molecule has 2 atom stereocenters. The lowest BCUT2D eigenvalue weighted by atomic mass is 10.0. The molecule has 1 aliphatic heterocycles. The van der Waals surface area contributed by atoms with Crippen molar-refractivity contribution in [1.29, 1.82) is 0 Å². The van der Waals surface area contributed by atoms with Gasteiger partial charge in [-0.1, -0.05) is 0 Å². The predicted molar refractivity (Wildman–Crippen MR) is 82.3 cm³/mol. The minimum atomic E-state index is -0.643. The SMILES string of the molecule is COc1cc2c(cc1C(O)Cc1nc(C)cs1)OC(C)C2. The second-order valence-electron chi connectivity index (χ2n) is 5.44. The summed E-state index contributed by atoms with van der Waals surface area (Å²) in [7, 11) is 1.63. The van der Waals surface area contributed by atoms with Crippen molar-refractivity contribution in [2.24, 2.45) is 0 Å². The van der Waals surface area contributed by atoms with Gasteiger partial charge in [-0.2, -0.15) is 0 Å². The molecule has 1 N–H and O–H groups in total. The summed E-state index contributed by atoms with van der Waals surface area (Å²) >= 11 is 1.57. The minimum Gasteiger partial charge on any atom is -0.496 e. The number of thiazole rings is 1. The molecule has 1 aromatic heterocycles. The van der Waals surface area contributed by atoms with E-state index in [1.807, 2.05) is 31.4 Å². The van der Waals surface area contributed by atoms with Crippen molar-refractivity contribution in [2.75, 3.05) is 7.11 Å². The number of hydrogen-bond donors (Lipinski definition) is 1. The second-order valence-corrected chi connectivity index (χ2v) is 6.38. The monoisotopic (exact) mass is 305 g/mol. The van der Waals surface area contributed by atoms with Crippen LogP contribution in [-0.4, -0.2) is 23.3 Å². The highest BCUT2D eigenvalue weighted by atomic mass is 32.1. The summed E-state index contributed by atoms with van der Waals surface area (Å²) in [4.78, 5) is 4.40. The number of aromatic nitrogens is 1. The zero-order chi connectivity index (χ0) is 15.0. The van der Waals surface area contributed by atoms with Gasteiger partial charge in [0.1, 0.15) is 17.6 Å². The lowest BCUT2D eigenvalue weighted by Crippen LogP contribution is -2.06. The van der Waals surface area contributed by atoms with Gasteiger partial charge in [0.25, 0.3) is 0 Å². The molecule has 0 amide bonds. The zero-order valence-corrected chi connectivity index (χ0v) is 13.2. The fourth-order valence-corrected chi connectivity index (χ4v) is 3.47. The van der Waals surface area contributed by atoms with Gasteiger partial charge in [0, 0.05) is 35.0 Å². The molecule has 5 heteroatoms. The van der Waals surface area contributed by atoms with Gasteiger partial charge in [0.2, 0.25) is 0 Å².